The number of aromatic amines is 1. The first-order chi connectivity index (χ1) is 17.6. The molecule has 0 radical (unpaired) electrons. The van der Waals surface area contributed by atoms with Crippen LogP contribution in [0.4, 0.5) is 0 Å². The molecular formula is C30H29N5O. The molecule has 36 heavy (non-hydrogen) atoms. The third-order valence-electron chi connectivity index (χ3n) is 6.22. The van der Waals surface area contributed by atoms with E-state index in [9.17, 15) is 4.79 Å². The van der Waals surface area contributed by atoms with Crippen LogP contribution in [0, 0.1) is 0 Å². The van der Waals surface area contributed by atoms with Crippen molar-refractivity contribution >= 4 is 16.7 Å². The Morgan fingerprint density at radius 1 is 0.861 bits per heavy atom. The van der Waals surface area contributed by atoms with Crippen LogP contribution in [0.3, 0.4) is 0 Å². The van der Waals surface area contributed by atoms with Gasteiger partial charge in [0.05, 0.1) is 11.2 Å². The fourth-order valence-corrected chi connectivity index (χ4v) is 4.43. The summed E-state index contributed by atoms with van der Waals surface area (Å²) >= 11 is 0. The standard InChI is InChI=1S/C30H29N5O/c1-35(2)20-22-15-25(19-31-17-22)24-12-14-28-26(16-24)30(34-33-28)29(36)10-6-7-21-11-13-27(32-18-21)23-8-4-3-5-9-23/h3-5,8-9,11-19H,6-7,10,20H2,1-2H3,(H,33,34). The normalized spacial score (nSPS) is 11.3. The zero-order chi connectivity index (χ0) is 24.9. The third kappa shape index (κ3) is 5.39. The average Bonchev–Trinajstić information content (AvgIpc) is 3.33. The van der Waals surface area contributed by atoms with E-state index in [0.29, 0.717) is 12.1 Å². The maximum atomic E-state index is 13.1. The van der Waals surface area contributed by atoms with Crippen molar-refractivity contribution in [3.05, 3.63) is 102 Å². The van der Waals surface area contributed by atoms with Crippen molar-refractivity contribution in [2.75, 3.05) is 14.1 Å². The molecule has 3 heterocycles. The Morgan fingerprint density at radius 3 is 2.50 bits per heavy atom. The fourth-order valence-electron chi connectivity index (χ4n) is 4.43. The Hall–Kier alpha value is -4.16. The van der Waals surface area contributed by atoms with Gasteiger partial charge in [0.1, 0.15) is 5.69 Å². The van der Waals surface area contributed by atoms with Crippen LogP contribution < -0.4 is 0 Å². The van der Waals surface area contributed by atoms with Gasteiger partial charge in [0.25, 0.3) is 0 Å². The summed E-state index contributed by atoms with van der Waals surface area (Å²) in [6.45, 7) is 0.822. The molecule has 0 saturated heterocycles. The molecule has 0 spiro atoms. The number of nitrogens with one attached hydrogen (secondary N) is 1. The number of fused-ring (bicyclic) bond motifs is 1. The number of rotatable bonds is 9. The molecule has 0 amide bonds. The molecule has 0 aliphatic carbocycles. The topological polar surface area (TPSA) is 74.8 Å². The van der Waals surface area contributed by atoms with E-state index in [-0.39, 0.29) is 5.78 Å². The van der Waals surface area contributed by atoms with Gasteiger partial charge in [-0.3, -0.25) is 19.9 Å². The summed E-state index contributed by atoms with van der Waals surface area (Å²) < 4.78 is 0. The molecule has 0 atom stereocenters. The largest absolute Gasteiger partial charge is 0.305 e. The van der Waals surface area contributed by atoms with E-state index in [1.807, 2.05) is 75.2 Å². The highest BCUT2D eigenvalue weighted by atomic mass is 16.1. The molecule has 0 aliphatic heterocycles. The first-order valence-corrected chi connectivity index (χ1v) is 12.2. The summed E-state index contributed by atoms with van der Waals surface area (Å²) in [5, 5.41) is 8.21. The minimum absolute atomic E-state index is 0.0479. The molecule has 3 aromatic heterocycles. The van der Waals surface area contributed by atoms with Crippen LogP contribution in [0.25, 0.3) is 33.3 Å². The maximum absolute atomic E-state index is 13.1. The summed E-state index contributed by atoms with van der Waals surface area (Å²) in [7, 11) is 4.08. The monoisotopic (exact) mass is 475 g/mol. The molecule has 6 heteroatoms. The number of benzene rings is 2. The van der Waals surface area contributed by atoms with Gasteiger partial charge < -0.3 is 4.90 Å². The highest BCUT2D eigenvalue weighted by Gasteiger charge is 2.15. The van der Waals surface area contributed by atoms with E-state index in [0.717, 1.165) is 63.8 Å². The van der Waals surface area contributed by atoms with Crippen molar-refractivity contribution in [3.8, 4) is 22.4 Å². The molecule has 1 N–H and O–H groups in total. The van der Waals surface area contributed by atoms with Crippen molar-refractivity contribution in [1.29, 1.82) is 0 Å². The SMILES string of the molecule is CN(C)Cc1cncc(-c2ccc3[nH]nc(C(=O)CCCc4ccc(-c5ccccc5)nc4)c3c2)c1. The predicted octanol–water partition coefficient (Wildman–Crippen LogP) is 5.95. The number of aryl methyl sites for hydroxylation is 1. The van der Waals surface area contributed by atoms with Gasteiger partial charge in [-0.05, 0) is 67.9 Å². The molecule has 0 unspecified atom stereocenters. The van der Waals surface area contributed by atoms with Gasteiger partial charge in [-0.25, -0.2) is 0 Å². The van der Waals surface area contributed by atoms with Gasteiger partial charge in [0.2, 0.25) is 0 Å². The number of Topliss-reactive ketones (excluding diaryl/α,β-unsaturated/α-hetero) is 1. The van der Waals surface area contributed by atoms with E-state index in [1.54, 1.807) is 0 Å². The van der Waals surface area contributed by atoms with Crippen LogP contribution in [0.1, 0.15) is 34.5 Å². The summed E-state index contributed by atoms with van der Waals surface area (Å²) in [4.78, 5) is 24.2. The van der Waals surface area contributed by atoms with Crippen molar-refractivity contribution in [2.45, 2.75) is 25.8 Å². The first kappa shape index (κ1) is 23.6. The van der Waals surface area contributed by atoms with Crippen molar-refractivity contribution in [3.63, 3.8) is 0 Å². The number of carbonyl (C=O) groups is 1. The van der Waals surface area contributed by atoms with Gasteiger partial charge in [-0.2, -0.15) is 5.10 Å². The Morgan fingerprint density at radius 2 is 1.72 bits per heavy atom. The number of H-pyrrole nitrogens is 1. The Bertz CT molecular complexity index is 1470. The number of pyridine rings is 2. The molecular weight excluding hydrogens is 446 g/mol. The van der Waals surface area contributed by atoms with E-state index in [1.165, 1.54) is 0 Å². The van der Waals surface area contributed by atoms with Gasteiger partial charge >= 0.3 is 0 Å². The number of carbonyl (C=O) groups excluding carboxylic acids is 1. The van der Waals surface area contributed by atoms with Gasteiger partial charge in [0, 0.05) is 48.1 Å². The molecule has 180 valence electrons. The Kier molecular flexibility index (Phi) is 6.96. The molecule has 0 aliphatic rings. The summed E-state index contributed by atoms with van der Waals surface area (Å²) in [5.41, 5.74) is 7.75. The van der Waals surface area contributed by atoms with Crippen LogP contribution >= 0.6 is 0 Å². The highest BCUT2D eigenvalue weighted by molar-refractivity contribution is 6.06. The number of nitrogens with zero attached hydrogens (tertiary/aromatic N) is 4. The maximum Gasteiger partial charge on any atom is 0.183 e. The van der Waals surface area contributed by atoms with E-state index >= 15 is 0 Å². The van der Waals surface area contributed by atoms with Gasteiger partial charge in [-0.15, -0.1) is 0 Å². The minimum Gasteiger partial charge on any atom is -0.305 e. The smallest absolute Gasteiger partial charge is 0.183 e. The van der Waals surface area contributed by atoms with Crippen molar-refractivity contribution in [2.24, 2.45) is 0 Å². The van der Waals surface area contributed by atoms with Crippen LogP contribution in [0.15, 0.2) is 85.3 Å². The summed E-state index contributed by atoms with van der Waals surface area (Å²) in [5.74, 6) is 0.0479. The average molecular weight is 476 g/mol. The lowest BCUT2D eigenvalue weighted by Crippen LogP contribution is -2.10. The first-order valence-electron chi connectivity index (χ1n) is 12.2. The lowest BCUT2D eigenvalue weighted by Gasteiger charge is -2.10. The van der Waals surface area contributed by atoms with Crippen molar-refractivity contribution in [1.82, 2.24) is 25.1 Å². The molecule has 5 rings (SSSR count). The predicted molar refractivity (Wildman–Crippen MR) is 144 cm³/mol. The van der Waals surface area contributed by atoms with E-state index in [4.69, 9.17) is 0 Å². The van der Waals surface area contributed by atoms with Crippen LogP contribution in [0.5, 0.6) is 0 Å². The van der Waals surface area contributed by atoms with Gasteiger partial charge in [-0.1, -0.05) is 42.5 Å². The minimum atomic E-state index is 0.0479. The second-order valence-corrected chi connectivity index (χ2v) is 9.35. The number of aromatic nitrogens is 4. The quantitative estimate of drug-likeness (QED) is 0.267. The summed E-state index contributed by atoms with van der Waals surface area (Å²) in [6, 6.07) is 22.5. The van der Waals surface area contributed by atoms with Crippen LogP contribution in [0.2, 0.25) is 0 Å². The zero-order valence-electron chi connectivity index (χ0n) is 20.6. The number of hydrogen-bond donors (Lipinski definition) is 1. The second kappa shape index (κ2) is 10.6. The molecule has 2 aromatic carbocycles. The van der Waals surface area contributed by atoms with Crippen LogP contribution in [-0.2, 0) is 13.0 Å². The molecule has 6 nitrogen and oxygen atoms in total. The molecule has 0 fully saturated rings. The molecule has 0 saturated carbocycles. The van der Waals surface area contributed by atoms with E-state index < -0.39 is 0 Å². The summed E-state index contributed by atoms with van der Waals surface area (Å²) in [6.07, 6.45) is 7.63. The lowest BCUT2D eigenvalue weighted by atomic mass is 10.0. The van der Waals surface area contributed by atoms with Crippen LogP contribution in [-0.4, -0.2) is 44.9 Å². The second-order valence-electron chi connectivity index (χ2n) is 9.35. The number of ketones is 1. The van der Waals surface area contributed by atoms with Crippen molar-refractivity contribution < 1.29 is 4.79 Å². The highest BCUT2D eigenvalue weighted by Crippen LogP contribution is 2.27. The lowest BCUT2D eigenvalue weighted by molar-refractivity contribution is 0.0977. The number of hydrogen-bond acceptors (Lipinski definition) is 5. The fraction of sp³-hybridized carbons (Fsp3) is 0.200. The Balaban J connectivity index is 1.26. The zero-order valence-corrected chi connectivity index (χ0v) is 20.6. The van der Waals surface area contributed by atoms with Gasteiger partial charge in [0.15, 0.2) is 5.78 Å². The molecule has 5 aromatic rings. The third-order valence-corrected chi connectivity index (χ3v) is 6.22. The molecule has 0 bridgehead atoms. The van der Waals surface area contributed by atoms with E-state index in [2.05, 4.69) is 49.3 Å². The Labute approximate surface area is 211 Å².